The monoisotopic (exact) mass is 575 g/mol. The number of nitrogens with one attached hydrogen (secondary N) is 3. The molecule has 0 aliphatic rings. The van der Waals surface area contributed by atoms with Crippen LogP contribution >= 0.6 is 0 Å². The summed E-state index contributed by atoms with van der Waals surface area (Å²) in [6, 6.07) is 20.6. The lowest BCUT2D eigenvalue weighted by Crippen LogP contribution is -2.54. The van der Waals surface area contributed by atoms with Crippen molar-refractivity contribution in [3.8, 4) is 0 Å². The minimum Gasteiger partial charge on any atom is -0.478 e. The van der Waals surface area contributed by atoms with E-state index in [1.54, 1.807) is 32.9 Å². The summed E-state index contributed by atoms with van der Waals surface area (Å²) in [5, 5.41) is 12.5. The van der Waals surface area contributed by atoms with Gasteiger partial charge in [0.1, 0.15) is 0 Å². The van der Waals surface area contributed by atoms with Gasteiger partial charge in [-0.25, -0.2) is 14.4 Å². The molecule has 2 atom stereocenters. The number of rotatable bonds is 9. The predicted octanol–water partition coefficient (Wildman–Crippen LogP) is 2.97. The smallest absolute Gasteiger partial charge is 0.349 e. The largest absolute Gasteiger partial charge is 0.478 e. The fourth-order valence-corrected chi connectivity index (χ4v) is 3.29. The summed E-state index contributed by atoms with van der Waals surface area (Å²) in [4.78, 5) is 75.3. The van der Waals surface area contributed by atoms with Gasteiger partial charge in [-0.05, 0) is 48.5 Å². The average Bonchev–Trinajstić information content (AvgIpc) is 2.97. The molecule has 4 N–H and O–H groups in total. The number of carboxylic acid groups (broad SMARTS) is 1. The summed E-state index contributed by atoms with van der Waals surface area (Å²) in [6.45, 7) is 5.23. The number of hydrogen-bond donors (Lipinski definition) is 4. The molecule has 3 aromatic rings. The summed E-state index contributed by atoms with van der Waals surface area (Å²) in [5.41, 5.74) is 3.99. The van der Waals surface area contributed by atoms with Crippen molar-refractivity contribution in [1.29, 1.82) is 0 Å². The van der Waals surface area contributed by atoms with E-state index >= 15 is 0 Å². The summed E-state index contributed by atoms with van der Waals surface area (Å²) < 4.78 is 10.2. The SMILES string of the molecule is CC(C)(C)C(=O)Nc1ccc(C(=O)NNC(=O)[C@H](OC(=O)c2ccccc2)[C@@H](OC(=O)c2ccccc2)C(=O)O)cc1. The van der Waals surface area contributed by atoms with Gasteiger partial charge in [0.2, 0.25) is 18.1 Å². The van der Waals surface area contributed by atoms with E-state index in [2.05, 4.69) is 10.7 Å². The Morgan fingerprint density at radius 2 is 1.12 bits per heavy atom. The summed E-state index contributed by atoms with van der Waals surface area (Å²) in [5.74, 6) is -6.26. The second kappa shape index (κ2) is 13.7. The number of ether oxygens (including phenoxy) is 2. The van der Waals surface area contributed by atoms with Crippen LogP contribution in [0.3, 0.4) is 0 Å². The Kier molecular flexibility index (Phi) is 10.1. The van der Waals surface area contributed by atoms with Crippen LogP contribution in [0.1, 0.15) is 51.8 Å². The maximum Gasteiger partial charge on any atom is 0.349 e. The van der Waals surface area contributed by atoms with Gasteiger partial charge in [-0.15, -0.1) is 0 Å². The molecule has 42 heavy (non-hydrogen) atoms. The molecular weight excluding hydrogens is 546 g/mol. The minimum atomic E-state index is -2.27. The maximum atomic E-state index is 13.1. The maximum absolute atomic E-state index is 13.1. The quantitative estimate of drug-likeness (QED) is 0.221. The Hall–Kier alpha value is -5.52. The molecule has 0 aliphatic heterocycles. The number of aliphatic carboxylic acids is 1. The van der Waals surface area contributed by atoms with Crippen LogP contribution in [0.5, 0.6) is 0 Å². The number of carbonyl (C=O) groups excluding carboxylic acids is 5. The molecule has 3 amide bonds. The number of carbonyl (C=O) groups is 6. The molecule has 0 spiro atoms. The summed E-state index contributed by atoms with van der Waals surface area (Å²) in [7, 11) is 0. The molecule has 12 heteroatoms. The van der Waals surface area contributed by atoms with E-state index in [-0.39, 0.29) is 22.6 Å². The van der Waals surface area contributed by atoms with Crippen LogP contribution in [0.4, 0.5) is 5.69 Å². The van der Waals surface area contributed by atoms with Crippen molar-refractivity contribution in [2.45, 2.75) is 33.0 Å². The van der Waals surface area contributed by atoms with Crippen LogP contribution in [0.2, 0.25) is 0 Å². The number of amides is 3. The van der Waals surface area contributed by atoms with Gasteiger partial charge in [0.05, 0.1) is 11.1 Å². The molecule has 0 aliphatic carbocycles. The Balaban J connectivity index is 1.76. The lowest BCUT2D eigenvalue weighted by Gasteiger charge is -2.23. The lowest BCUT2D eigenvalue weighted by molar-refractivity contribution is -0.159. The van der Waals surface area contributed by atoms with Gasteiger partial charge in [0.25, 0.3) is 11.8 Å². The number of hydrogen-bond acceptors (Lipinski definition) is 8. The van der Waals surface area contributed by atoms with Crippen molar-refractivity contribution in [2.24, 2.45) is 5.41 Å². The minimum absolute atomic E-state index is 0.00324. The van der Waals surface area contributed by atoms with E-state index in [0.717, 1.165) is 0 Å². The molecule has 3 aromatic carbocycles. The lowest BCUT2D eigenvalue weighted by atomic mass is 9.95. The molecule has 0 saturated heterocycles. The highest BCUT2D eigenvalue weighted by atomic mass is 16.6. The molecule has 12 nitrogen and oxygen atoms in total. The van der Waals surface area contributed by atoms with Gasteiger partial charge in [0, 0.05) is 16.7 Å². The number of esters is 2. The van der Waals surface area contributed by atoms with Gasteiger partial charge in [-0.3, -0.25) is 25.2 Å². The number of carboxylic acids is 1. The first-order valence-electron chi connectivity index (χ1n) is 12.6. The molecule has 0 heterocycles. The summed E-state index contributed by atoms with van der Waals surface area (Å²) in [6.07, 6.45) is -4.47. The first-order chi connectivity index (χ1) is 19.9. The van der Waals surface area contributed by atoms with Gasteiger partial charge in [0.15, 0.2) is 0 Å². The molecule has 0 fully saturated rings. The van der Waals surface area contributed by atoms with E-state index in [4.69, 9.17) is 9.47 Å². The Morgan fingerprint density at radius 3 is 1.57 bits per heavy atom. The number of benzene rings is 3. The fraction of sp³-hybridized carbons (Fsp3) is 0.200. The van der Waals surface area contributed by atoms with Crippen molar-refractivity contribution in [3.05, 3.63) is 102 Å². The van der Waals surface area contributed by atoms with Gasteiger partial charge < -0.3 is 19.9 Å². The summed E-state index contributed by atoms with van der Waals surface area (Å²) >= 11 is 0. The van der Waals surface area contributed by atoms with Crippen LogP contribution in [0, 0.1) is 5.41 Å². The van der Waals surface area contributed by atoms with Crippen molar-refractivity contribution in [2.75, 3.05) is 5.32 Å². The third-order valence-electron chi connectivity index (χ3n) is 5.65. The normalized spacial score (nSPS) is 12.2. The van der Waals surface area contributed by atoms with Crippen LogP contribution in [0.25, 0.3) is 0 Å². The van der Waals surface area contributed by atoms with Crippen molar-refractivity contribution in [3.63, 3.8) is 0 Å². The highest BCUT2D eigenvalue weighted by molar-refractivity contribution is 6.00. The van der Waals surface area contributed by atoms with Gasteiger partial charge in [-0.2, -0.15) is 0 Å². The second-order valence-corrected chi connectivity index (χ2v) is 9.95. The standard InChI is InChI=1S/C30H29N3O9/c1-30(2,3)29(40)31-21-16-14-18(15-17-21)24(34)32-33-25(35)22(41-27(38)19-10-6-4-7-11-19)23(26(36)37)42-28(39)20-12-8-5-9-13-20/h4-17,22-23H,1-3H3,(H,31,40)(H,32,34)(H,33,35)(H,36,37)/t22-,23-/m1/s1. The van der Waals surface area contributed by atoms with Crippen molar-refractivity contribution < 1.29 is 43.3 Å². The first-order valence-corrected chi connectivity index (χ1v) is 12.6. The molecule has 0 unspecified atom stereocenters. The molecule has 0 saturated carbocycles. The predicted molar refractivity (Wildman–Crippen MR) is 149 cm³/mol. The van der Waals surface area contributed by atoms with Crippen LogP contribution in [-0.4, -0.2) is 52.9 Å². The van der Waals surface area contributed by atoms with Crippen LogP contribution in [-0.2, 0) is 23.9 Å². The third kappa shape index (κ3) is 8.49. The van der Waals surface area contributed by atoms with E-state index < -0.39 is 47.3 Å². The van der Waals surface area contributed by atoms with Crippen molar-refractivity contribution >= 4 is 41.3 Å². The van der Waals surface area contributed by atoms with Gasteiger partial charge in [-0.1, -0.05) is 57.2 Å². The zero-order chi connectivity index (χ0) is 30.9. The van der Waals surface area contributed by atoms with E-state index in [1.807, 2.05) is 5.43 Å². The first kappa shape index (κ1) is 31.0. The Labute approximate surface area is 241 Å². The second-order valence-electron chi connectivity index (χ2n) is 9.95. The molecule has 0 bridgehead atoms. The number of anilines is 1. The third-order valence-corrected chi connectivity index (χ3v) is 5.65. The van der Waals surface area contributed by atoms with E-state index in [9.17, 15) is 33.9 Å². The van der Waals surface area contributed by atoms with E-state index in [0.29, 0.717) is 5.69 Å². The topological polar surface area (TPSA) is 177 Å². The Bertz CT molecular complexity index is 1450. The van der Waals surface area contributed by atoms with E-state index in [1.165, 1.54) is 72.8 Å². The van der Waals surface area contributed by atoms with Crippen LogP contribution in [0.15, 0.2) is 84.9 Å². The highest BCUT2D eigenvalue weighted by Crippen LogP contribution is 2.18. The van der Waals surface area contributed by atoms with Crippen LogP contribution < -0.4 is 16.2 Å². The molecule has 3 rings (SSSR count). The number of hydrazine groups is 1. The van der Waals surface area contributed by atoms with Crippen molar-refractivity contribution in [1.82, 2.24) is 10.9 Å². The zero-order valence-electron chi connectivity index (χ0n) is 23.0. The molecule has 0 radical (unpaired) electrons. The zero-order valence-corrected chi connectivity index (χ0v) is 23.0. The highest BCUT2D eigenvalue weighted by Gasteiger charge is 2.41. The molecular formula is C30H29N3O9. The fourth-order valence-electron chi connectivity index (χ4n) is 3.29. The average molecular weight is 576 g/mol. The Morgan fingerprint density at radius 1 is 0.643 bits per heavy atom. The van der Waals surface area contributed by atoms with Gasteiger partial charge >= 0.3 is 17.9 Å². The molecule has 218 valence electrons. The molecule has 0 aromatic heterocycles.